The van der Waals surface area contributed by atoms with Gasteiger partial charge in [-0.1, -0.05) is 51.7 Å². The second-order valence-corrected chi connectivity index (χ2v) is 9.98. The first-order valence-corrected chi connectivity index (χ1v) is 13.2. The van der Waals surface area contributed by atoms with Gasteiger partial charge >= 0.3 is 0 Å². The molecule has 2 aliphatic rings. The molecule has 1 aliphatic heterocycles. The molecule has 1 N–H and O–H groups in total. The van der Waals surface area contributed by atoms with Crippen molar-refractivity contribution < 1.29 is 19.3 Å². The first-order valence-electron chi connectivity index (χ1n) is 13.2. The van der Waals surface area contributed by atoms with Gasteiger partial charge < -0.3 is 19.3 Å². The van der Waals surface area contributed by atoms with E-state index in [2.05, 4.69) is 32.0 Å². The number of unbranched alkanes of at least 4 members (excludes halogenated alkanes) is 2. The van der Waals surface area contributed by atoms with Crippen LogP contribution in [0.3, 0.4) is 0 Å². The highest BCUT2D eigenvalue weighted by Gasteiger charge is 2.41. The highest BCUT2D eigenvalue weighted by molar-refractivity contribution is 5.29. The number of hydrogen-bond acceptors (Lipinski definition) is 4. The SMILES string of the molecule is CCCCC[C@@H](CC[C@@H]1[C@@H](Cc2cccc(OC)c2)[C@@H](CC)C[C@H]1O)OC1CCCCO1. The van der Waals surface area contributed by atoms with Crippen molar-refractivity contribution in [2.24, 2.45) is 17.8 Å². The van der Waals surface area contributed by atoms with Gasteiger partial charge in [0.1, 0.15) is 5.75 Å². The number of methoxy groups -OCH3 is 1. The molecule has 6 atom stereocenters. The second-order valence-electron chi connectivity index (χ2n) is 9.98. The minimum Gasteiger partial charge on any atom is -0.497 e. The van der Waals surface area contributed by atoms with E-state index < -0.39 is 0 Å². The van der Waals surface area contributed by atoms with E-state index in [1.807, 2.05) is 6.07 Å². The number of aliphatic hydroxyl groups excluding tert-OH is 1. The van der Waals surface area contributed by atoms with Gasteiger partial charge in [0.2, 0.25) is 0 Å². The molecule has 1 saturated carbocycles. The number of ether oxygens (including phenoxy) is 3. The van der Waals surface area contributed by atoms with Crippen LogP contribution in [0.1, 0.15) is 90.0 Å². The van der Waals surface area contributed by atoms with E-state index in [4.69, 9.17) is 14.2 Å². The predicted octanol–water partition coefficient (Wildman–Crippen LogP) is 6.53. The maximum absolute atomic E-state index is 11.0. The van der Waals surface area contributed by atoms with Crippen molar-refractivity contribution in [1.82, 2.24) is 0 Å². The van der Waals surface area contributed by atoms with Crippen LogP contribution >= 0.6 is 0 Å². The van der Waals surface area contributed by atoms with Crippen LogP contribution in [-0.4, -0.2) is 37.3 Å². The summed E-state index contributed by atoms with van der Waals surface area (Å²) in [5.41, 5.74) is 1.32. The third-order valence-corrected chi connectivity index (χ3v) is 7.76. The molecule has 1 saturated heterocycles. The number of aliphatic hydroxyl groups is 1. The number of hydrogen-bond donors (Lipinski definition) is 1. The molecule has 0 radical (unpaired) electrons. The molecule has 0 bridgehead atoms. The Kier molecular flexibility index (Phi) is 10.8. The zero-order valence-electron chi connectivity index (χ0n) is 20.6. The first-order chi connectivity index (χ1) is 15.6. The molecule has 1 aliphatic carbocycles. The minimum absolute atomic E-state index is 0.0279. The summed E-state index contributed by atoms with van der Waals surface area (Å²) in [7, 11) is 1.73. The smallest absolute Gasteiger partial charge is 0.157 e. The maximum Gasteiger partial charge on any atom is 0.157 e. The summed E-state index contributed by atoms with van der Waals surface area (Å²) >= 11 is 0. The summed E-state index contributed by atoms with van der Waals surface area (Å²) in [5, 5.41) is 11.0. The molecular weight excluding hydrogens is 400 g/mol. The van der Waals surface area contributed by atoms with E-state index >= 15 is 0 Å². The van der Waals surface area contributed by atoms with E-state index in [0.29, 0.717) is 17.8 Å². The molecule has 1 unspecified atom stereocenters. The van der Waals surface area contributed by atoms with Gasteiger partial charge in [0.15, 0.2) is 6.29 Å². The van der Waals surface area contributed by atoms with Crippen molar-refractivity contribution in [3.63, 3.8) is 0 Å². The molecule has 182 valence electrons. The molecule has 1 aromatic rings. The maximum atomic E-state index is 11.0. The van der Waals surface area contributed by atoms with Crippen LogP contribution < -0.4 is 4.74 Å². The van der Waals surface area contributed by atoms with Crippen molar-refractivity contribution in [3.8, 4) is 5.75 Å². The fourth-order valence-electron chi connectivity index (χ4n) is 5.87. The van der Waals surface area contributed by atoms with Crippen LogP contribution in [0.2, 0.25) is 0 Å². The second kappa shape index (κ2) is 13.6. The lowest BCUT2D eigenvalue weighted by atomic mass is 9.80. The van der Waals surface area contributed by atoms with E-state index in [9.17, 15) is 5.11 Å². The summed E-state index contributed by atoms with van der Waals surface area (Å²) in [6.07, 6.45) is 13.4. The Morgan fingerprint density at radius 1 is 1.12 bits per heavy atom. The summed E-state index contributed by atoms with van der Waals surface area (Å²) in [6, 6.07) is 8.45. The van der Waals surface area contributed by atoms with Crippen molar-refractivity contribution in [2.75, 3.05) is 13.7 Å². The quantitative estimate of drug-likeness (QED) is 0.350. The Labute approximate surface area is 196 Å². The van der Waals surface area contributed by atoms with Gasteiger partial charge in [0.05, 0.1) is 19.3 Å². The van der Waals surface area contributed by atoms with Crippen LogP contribution in [0.15, 0.2) is 24.3 Å². The monoisotopic (exact) mass is 446 g/mol. The van der Waals surface area contributed by atoms with Crippen molar-refractivity contribution in [2.45, 2.75) is 109 Å². The molecule has 3 rings (SSSR count). The highest BCUT2D eigenvalue weighted by Crippen LogP contribution is 2.44. The van der Waals surface area contributed by atoms with Crippen LogP contribution in [0.4, 0.5) is 0 Å². The zero-order valence-corrected chi connectivity index (χ0v) is 20.6. The topological polar surface area (TPSA) is 47.9 Å². The molecule has 1 heterocycles. The van der Waals surface area contributed by atoms with Gasteiger partial charge in [0.25, 0.3) is 0 Å². The molecule has 0 aromatic heterocycles. The van der Waals surface area contributed by atoms with Crippen molar-refractivity contribution in [3.05, 3.63) is 29.8 Å². The standard InChI is InChI=1S/C28H46O4/c1-4-6-7-12-23(32-28-14-8-9-17-31-28)15-16-25-26(22(5-2)20-27(25)29)19-21-11-10-13-24(18-21)30-3/h10-11,13,18,22-23,25-29H,4-9,12,14-17,19-20H2,1-3H3/t22-,23-,25+,26-,27+,28?/m0/s1. The molecule has 2 fully saturated rings. The summed E-state index contributed by atoms with van der Waals surface area (Å²) in [6.45, 7) is 5.35. The lowest BCUT2D eigenvalue weighted by Crippen LogP contribution is -2.30. The van der Waals surface area contributed by atoms with Gasteiger partial charge in [-0.2, -0.15) is 0 Å². The van der Waals surface area contributed by atoms with Crippen molar-refractivity contribution >= 4 is 0 Å². The molecule has 32 heavy (non-hydrogen) atoms. The summed E-state index contributed by atoms with van der Waals surface area (Å²) < 4.78 is 17.8. The van der Waals surface area contributed by atoms with Gasteiger partial charge in [-0.25, -0.2) is 0 Å². The Morgan fingerprint density at radius 2 is 2.00 bits per heavy atom. The van der Waals surface area contributed by atoms with Crippen LogP contribution in [0.25, 0.3) is 0 Å². The molecule has 4 nitrogen and oxygen atoms in total. The molecule has 0 spiro atoms. The average molecular weight is 447 g/mol. The fraction of sp³-hybridized carbons (Fsp3) is 0.786. The molecular formula is C28H46O4. The zero-order chi connectivity index (χ0) is 22.8. The largest absolute Gasteiger partial charge is 0.497 e. The Morgan fingerprint density at radius 3 is 2.72 bits per heavy atom. The van der Waals surface area contributed by atoms with Crippen molar-refractivity contribution in [1.29, 1.82) is 0 Å². The normalized spacial score (nSPS) is 29.2. The highest BCUT2D eigenvalue weighted by atomic mass is 16.7. The molecule has 0 amide bonds. The number of benzene rings is 1. The fourth-order valence-corrected chi connectivity index (χ4v) is 5.87. The van der Waals surface area contributed by atoms with Crippen LogP contribution in [0, 0.1) is 17.8 Å². The first kappa shape index (κ1) is 25.5. The third-order valence-electron chi connectivity index (χ3n) is 7.76. The number of rotatable bonds is 13. The Balaban J connectivity index is 1.63. The molecule has 4 heteroatoms. The van der Waals surface area contributed by atoms with E-state index in [1.54, 1.807) is 7.11 Å². The van der Waals surface area contributed by atoms with Gasteiger partial charge in [-0.15, -0.1) is 0 Å². The minimum atomic E-state index is -0.196. The average Bonchev–Trinajstić information content (AvgIpc) is 3.12. The van der Waals surface area contributed by atoms with Gasteiger partial charge in [-0.3, -0.25) is 0 Å². The summed E-state index contributed by atoms with van der Waals surface area (Å²) in [5.74, 6) is 2.37. The van der Waals surface area contributed by atoms with E-state index in [0.717, 1.165) is 63.7 Å². The summed E-state index contributed by atoms with van der Waals surface area (Å²) in [4.78, 5) is 0. The van der Waals surface area contributed by atoms with Gasteiger partial charge in [0, 0.05) is 6.61 Å². The van der Waals surface area contributed by atoms with E-state index in [-0.39, 0.29) is 18.5 Å². The van der Waals surface area contributed by atoms with E-state index in [1.165, 1.54) is 31.2 Å². The van der Waals surface area contributed by atoms with Crippen LogP contribution in [0.5, 0.6) is 5.75 Å². The Bertz CT molecular complexity index is 642. The lowest BCUT2D eigenvalue weighted by molar-refractivity contribution is -0.191. The third kappa shape index (κ3) is 7.46. The Hall–Kier alpha value is -1.10. The van der Waals surface area contributed by atoms with Crippen LogP contribution in [-0.2, 0) is 15.9 Å². The molecule has 1 aromatic carbocycles. The van der Waals surface area contributed by atoms with Gasteiger partial charge in [-0.05, 0) is 86.8 Å². The predicted molar refractivity (Wildman–Crippen MR) is 130 cm³/mol. The lowest BCUT2D eigenvalue weighted by Gasteiger charge is -2.30.